The van der Waals surface area contributed by atoms with E-state index in [-0.39, 0.29) is 22.5 Å². The second-order valence-corrected chi connectivity index (χ2v) is 7.36. The van der Waals surface area contributed by atoms with E-state index in [0.29, 0.717) is 0 Å². The van der Waals surface area contributed by atoms with Crippen LogP contribution in [-0.4, -0.2) is 28.4 Å². The number of rotatable bonds is 7. The largest absolute Gasteiger partial charge is 0.453 e. The first-order valence-electron chi connectivity index (χ1n) is 9.96. The Morgan fingerprint density at radius 2 is 1.62 bits per heavy atom. The van der Waals surface area contributed by atoms with Crippen molar-refractivity contribution in [2.75, 3.05) is 5.32 Å². The first kappa shape index (κ1) is 22.5. The standard InChI is InChI=1S/C24H15FN2O7/c25-18-8-4-3-7-17(18)20(28)19(22-15-5-1-2-6-16(15)24(31)34-22)21(29)23(30)26-13-9-11-14(12-10-13)27(32)33/h1-12,19,22H,(H,26,30)/t19-,22-/m0/s1. The SMILES string of the molecule is O=C(Nc1ccc([N+](=O)[O-])cc1)C(=O)[C@H](C(=O)c1ccccc1F)[C@H]1OC(=O)c2ccccc21. The van der Waals surface area contributed by atoms with Gasteiger partial charge in [-0.2, -0.15) is 0 Å². The highest BCUT2D eigenvalue weighted by atomic mass is 19.1. The quantitative estimate of drug-likeness (QED) is 0.141. The summed E-state index contributed by atoms with van der Waals surface area (Å²) in [5, 5.41) is 13.1. The van der Waals surface area contributed by atoms with Crippen molar-refractivity contribution in [1.82, 2.24) is 0 Å². The number of anilines is 1. The minimum Gasteiger partial charge on any atom is -0.453 e. The minimum atomic E-state index is -1.86. The molecule has 0 aromatic heterocycles. The van der Waals surface area contributed by atoms with Gasteiger partial charge in [0.25, 0.3) is 11.6 Å². The van der Waals surface area contributed by atoms with Crippen LogP contribution in [0.1, 0.15) is 32.4 Å². The first-order valence-corrected chi connectivity index (χ1v) is 9.96. The molecule has 9 nitrogen and oxygen atoms in total. The molecule has 0 saturated heterocycles. The predicted octanol–water partition coefficient (Wildman–Crippen LogP) is 3.65. The number of carbonyl (C=O) groups excluding carboxylic acids is 4. The predicted molar refractivity (Wildman–Crippen MR) is 116 cm³/mol. The molecule has 0 fully saturated rings. The summed E-state index contributed by atoms with van der Waals surface area (Å²) in [6.45, 7) is 0. The molecule has 1 N–H and O–H groups in total. The third-order valence-corrected chi connectivity index (χ3v) is 5.29. The van der Waals surface area contributed by atoms with Gasteiger partial charge in [0.1, 0.15) is 17.8 Å². The van der Waals surface area contributed by atoms with Gasteiger partial charge in [0, 0.05) is 23.4 Å². The summed E-state index contributed by atoms with van der Waals surface area (Å²) in [4.78, 5) is 61.7. The molecule has 10 heteroatoms. The number of amides is 1. The highest BCUT2D eigenvalue weighted by Gasteiger charge is 2.46. The highest BCUT2D eigenvalue weighted by molar-refractivity contribution is 6.45. The van der Waals surface area contributed by atoms with Crippen molar-refractivity contribution in [1.29, 1.82) is 0 Å². The number of benzene rings is 3. The maximum absolute atomic E-state index is 14.4. The molecule has 170 valence electrons. The lowest BCUT2D eigenvalue weighted by molar-refractivity contribution is -0.384. The van der Waals surface area contributed by atoms with Crippen molar-refractivity contribution in [2.45, 2.75) is 6.10 Å². The lowest BCUT2D eigenvalue weighted by Crippen LogP contribution is -2.38. The number of halogens is 1. The van der Waals surface area contributed by atoms with Gasteiger partial charge in [-0.15, -0.1) is 0 Å². The lowest BCUT2D eigenvalue weighted by atomic mass is 9.84. The lowest BCUT2D eigenvalue weighted by Gasteiger charge is -2.21. The number of carbonyl (C=O) groups is 4. The van der Waals surface area contributed by atoms with E-state index in [1.54, 1.807) is 12.1 Å². The molecule has 3 aromatic rings. The Labute approximate surface area is 191 Å². The third kappa shape index (κ3) is 4.16. The molecule has 0 aliphatic carbocycles. The van der Waals surface area contributed by atoms with Crippen molar-refractivity contribution in [3.05, 3.63) is 105 Å². The van der Waals surface area contributed by atoms with Crippen LogP contribution < -0.4 is 5.32 Å². The summed E-state index contributed by atoms with van der Waals surface area (Å²) in [5.74, 6) is -7.07. The van der Waals surface area contributed by atoms with Gasteiger partial charge in [-0.05, 0) is 30.3 Å². The second-order valence-electron chi connectivity index (χ2n) is 7.36. The molecule has 1 heterocycles. The Hall–Kier alpha value is -4.73. The summed E-state index contributed by atoms with van der Waals surface area (Å²) in [6, 6.07) is 15.7. The topological polar surface area (TPSA) is 133 Å². The number of nitrogens with one attached hydrogen (secondary N) is 1. The molecule has 34 heavy (non-hydrogen) atoms. The Balaban J connectivity index is 1.69. The molecular formula is C24H15FN2O7. The van der Waals surface area contributed by atoms with E-state index in [1.807, 2.05) is 0 Å². The van der Waals surface area contributed by atoms with E-state index in [9.17, 15) is 33.7 Å². The molecular weight excluding hydrogens is 447 g/mol. The first-order chi connectivity index (χ1) is 16.3. The average Bonchev–Trinajstić information content (AvgIpc) is 3.16. The molecule has 0 radical (unpaired) electrons. The monoisotopic (exact) mass is 462 g/mol. The van der Waals surface area contributed by atoms with Crippen LogP contribution in [0.4, 0.5) is 15.8 Å². The fraction of sp³-hybridized carbons (Fsp3) is 0.0833. The molecule has 1 aliphatic rings. The number of ether oxygens (including phenoxy) is 1. The molecule has 0 unspecified atom stereocenters. The summed E-state index contributed by atoms with van der Waals surface area (Å²) in [6.07, 6.45) is -1.44. The van der Waals surface area contributed by atoms with Crippen LogP contribution in [0.25, 0.3) is 0 Å². The number of esters is 1. The van der Waals surface area contributed by atoms with Gasteiger partial charge >= 0.3 is 5.97 Å². The highest BCUT2D eigenvalue weighted by Crippen LogP contribution is 2.38. The average molecular weight is 462 g/mol. The smallest absolute Gasteiger partial charge is 0.339 e. The number of Topliss-reactive ketones (excluding diaryl/α,β-unsaturated/α-hetero) is 2. The minimum absolute atomic E-state index is 0.0601. The number of fused-ring (bicyclic) bond motifs is 1. The van der Waals surface area contributed by atoms with Crippen molar-refractivity contribution in [3.63, 3.8) is 0 Å². The van der Waals surface area contributed by atoms with Crippen LogP contribution >= 0.6 is 0 Å². The zero-order valence-corrected chi connectivity index (χ0v) is 17.3. The fourth-order valence-corrected chi connectivity index (χ4v) is 3.64. The summed E-state index contributed by atoms with van der Waals surface area (Å²) in [7, 11) is 0. The summed E-state index contributed by atoms with van der Waals surface area (Å²) in [5.41, 5.74) is -0.262. The molecule has 0 bridgehead atoms. The van der Waals surface area contributed by atoms with Gasteiger partial charge in [-0.1, -0.05) is 30.3 Å². The number of nitrogens with zero attached hydrogens (tertiary/aromatic N) is 1. The van der Waals surface area contributed by atoms with Crippen LogP contribution in [0, 0.1) is 21.8 Å². The van der Waals surface area contributed by atoms with Crippen molar-refractivity contribution < 1.29 is 33.2 Å². The normalized spacial score (nSPS) is 15.1. The van der Waals surface area contributed by atoms with E-state index in [1.165, 1.54) is 36.4 Å². The molecule has 1 amide bonds. The molecule has 2 atom stereocenters. The zero-order chi connectivity index (χ0) is 24.4. The van der Waals surface area contributed by atoms with E-state index in [0.717, 1.165) is 24.3 Å². The molecule has 3 aromatic carbocycles. The Kier molecular flexibility index (Phi) is 5.96. The number of cyclic esters (lactones) is 1. The van der Waals surface area contributed by atoms with Crippen LogP contribution in [0.3, 0.4) is 0 Å². The van der Waals surface area contributed by atoms with Gasteiger partial charge in [-0.25, -0.2) is 9.18 Å². The van der Waals surface area contributed by atoms with E-state index < -0.39 is 51.8 Å². The van der Waals surface area contributed by atoms with E-state index >= 15 is 0 Å². The number of nitro groups is 1. The van der Waals surface area contributed by atoms with Crippen LogP contribution in [0.15, 0.2) is 72.8 Å². The van der Waals surface area contributed by atoms with Crippen molar-refractivity contribution >= 4 is 34.8 Å². The van der Waals surface area contributed by atoms with Gasteiger partial charge in [0.15, 0.2) is 5.78 Å². The van der Waals surface area contributed by atoms with Crippen LogP contribution in [0.2, 0.25) is 0 Å². The Bertz CT molecular complexity index is 1340. The van der Waals surface area contributed by atoms with Gasteiger partial charge in [0.05, 0.1) is 16.1 Å². The molecule has 0 saturated carbocycles. The van der Waals surface area contributed by atoms with Crippen molar-refractivity contribution in [3.8, 4) is 0 Å². The number of hydrogen-bond acceptors (Lipinski definition) is 7. The van der Waals surface area contributed by atoms with Crippen molar-refractivity contribution in [2.24, 2.45) is 5.92 Å². The maximum atomic E-state index is 14.4. The third-order valence-electron chi connectivity index (χ3n) is 5.29. The van der Waals surface area contributed by atoms with Gasteiger partial charge in [-0.3, -0.25) is 24.5 Å². The van der Waals surface area contributed by atoms with Gasteiger partial charge in [0.2, 0.25) is 5.78 Å². The Morgan fingerprint density at radius 1 is 0.971 bits per heavy atom. The fourth-order valence-electron chi connectivity index (χ4n) is 3.64. The number of ketones is 2. The van der Waals surface area contributed by atoms with Crippen LogP contribution in [0.5, 0.6) is 0 Å². The van der Waals surface area contributed by atoms with Crippen LogP contribution in [-0.2, 0) is 14.3 Å². The van der Waals surface area contributed by atoms with E-state index in [2.05, 4.69) is 5.32 Å². The summed E-state index contributed by atoms with van der Waals surface area (Å²) < 4.78 is 19.7. The Morgan fingerprint density at radius 3 is 2.29 bits per heavy atom. The number of hydrogen-bond donors (Lipinski definition) is 1. The maximum Gasteiger partial charge on any atom is 0.339 e. The number of non-ortho nitro benzene ring substituents is 1. The molecule has 1 aliphatic heterocycles. The molecule has 4 rings (SSSR count). The summed E-state index contributed by atoms with van der Waals surface area (Å²) >= 11 is 0. The molecule has 0 spiro atoms. The number of nitro benzene ring substituents is 1. The van der Waals surface area contributed by atoms with E-state index in [4.69, 9.17) is 4.74 Å². The van der Waals surface area contributed by atoms with Gasteiger partial charge < -0.3 is 10.1 Å². The zero-order valence-electron chi connectivity index (χ0n) is 17.3. The second kappa shape index (κ2) is 9.02.